The van der Waals surface area contributed by atoms with Gasteiger partial charge < -0.3 is 16.4 Å². The molecule has 0 aliphatic carbocycles. The number of hydrogen-bond donors (Lipinski definition) is 0. The van der Waals surface area contributed by atoms with Gasteiger partial charge in [-0.3, -0.25) is 0 Å². The summed E-state index contributed by atoms with van der Waals surface area (Å²) in [4.78, 5) is 0. The summed E-state index contributed by atoms with van der Waals surface area (Å²) in [6.45, 7) is 0. The predicted molar refractivity (Wildman–Crippen MR) is 22.5 cm³/mol. The van der Waals surface area contributed by atoms with E-state index in [1.54, 1.807) is 0 Å². The third kappa shape index (κ3) is 83.6. The Hall–Kier alpha value is 0.966. The summed E-state index contributed by atoms with van der Waals surface area (Å²) in [7, 11) is 9.47. The van der Waals surface area contributed by atoms with Crippen LogP contribution in [0.5, 0.6) is 0 Å². The molecule has 47 valence electrons. The standard InChI is InChI=1S/2ClH.Co.3H2O/h2*1H;;3*1H2/q;;+2;;;/p-2. The van der Waals surface area contributed by atoms with Crippen molar-refractivity contribution in [2.24, 2.45) is 0 Å². The average Bonchev–Trinajstić information content (AvgIpc) is 0.918. The quantitative estimate of drug-likeness (QED) is 0.456. The van der Waals surface area contributed by atoms with Gasteiger partial charge in [-0.25, -0.2) is 0 Å². The summed E-state index contributed by atoms with van der Waals surface area (Å²) in [5.41, 5.74) is 0. The molecule has 0 spiro atoms. The summed E-state index contributed by atoms with van der Waals surface area (Å²) >= 11 is 0.382. The topological polar surface area (TPSA) is 94.5 Å². The first kappa shape index (κ1) is 28.2. The van der Waals surface area contributed by atoms with Gasteiger partial charge in [0.05, 0.1) is 0 Å². The SMILES string of the molecule is O.O.O.[Cl][Co][Cl]. The Morgan fingerprint density at radius 2 is 0.833 bits per heavy atom. The first-order chi connectivity index (χ1) is 1.41. The summed E-state index contributed by atoms with van der Waals surface area (Å²) in [5, 5.41) is 0. The molecule has 0 saturated heterocycles. The van der Waals surface area contributed by atoms with Crippen LogP contribution in [-0.4, -0.2) is 16.4 Å². The van der Waals surface area contributed by atoms with Gasteiger partial charge in [-0.1, -0.05) is 0 Å². The molecule has 0 bridgehead atoms. The van der Waals surface area contributed by atoms with Crippen LogP contribution in [0, 0.1) is 0 Å². The van der Waals surface area contributed by atoms with Crippen LogP contribution in [0.3, 0.4) is 0 Å². The van der Waals surface area contributed by atoms with E-state index in [-0.39, 0.29) is 16.4 Å². The van der Waals surface area contributed by atoms with E-state index in [4.69, 9.17) is 20.3 Å². The molecule has 0 aromatic carbocycles. The van der Waals surface area contributed by atoms with E-state index in [2.05, 4.69) is 0 Å². The average molecular weight is 184 g/mol. The molecular formula is H6Cl2CoO3. The molecule has 0 amide bonds. The van der Waals surface area contributed by atoms with Crippen molar-refractivity contribution in [1.29, 1.82) is 0 Å². The summed E-state index contributed by atoms with van der Waals surface area (Å²) in [6.07, 6.45) is 0. The zero-order chi connectivity index (χ0) is 2.71. The van der Waals surface area contributed by atoms with Gasteiger partial charge in [-0.2, -0.15) is 0 Å². The Kier molecular flexibility index (Phi) is 179. The van der Waals surface area contributed by atoms with Gasteiger partial charge in [-0.05, 0) is 0 Å². The zero-order valence-corrected chi connectivity index (χ0v) is 5.14. The molecule has 0 aliphatic heterocycles. The maximum absolute atomic E-state index is 4.73. The fourth-order valence-electron chi connectivity index (χ4n) is 0. The Morgan fingerprint density at radius 3 is 0.833 bits per heavy atom. The van der Waals surface area contributed by atoms with Gasteiger partial charge in [0.2, 0.25) is 0 Å². The molecule has 0 radical (unpaired) electrons. The summed E-state index contributed by atoms with van der Waals surface area (Å²) in [6, 6.07) is 0. The van der Waals surface area contributed by atoms with E-state index in [0.717, 1.165) is 0 Å². The van der Waals surface area contributed by atoms with E-state index >= 15 is 0 Å². The molecule has 0 rings (SSSR count). The zero-order valence-electron chi connectivity index (χ0n) is 2.59. The number of halogens is 2. The van der Waals surface area contributed by atoms with Crippen molar-refractivity contribution >= 4 is 20.3 Å². The van der Waals surface area contributed by atoms with Crippen LogP contribution in [0.4, 0.5) is 0 Å². The second kappa shape index (κ2) is 38.1. The van der Waals surface area contributed by atoms with Gasteiger partial charge in [0.15, 0.2) is 0 Å². The van der Waals surface area contributed by atoms with Crippen molar-refractivity contribution < 1.29 is 29.3 Å². The van der Waals surface area contributed by atoms with Crippen molar-refractivity contribution in [2.45, 2.75) is 0 Å². The third-order valence-corrected chi connectivity index (χ3v) is 0. The molecule has 0 unspecified atom stereocenters. The minimum absolute atomic E-state index is 0. The molecule has 0 fully saturated rings. The van der Waals surface area contributed by atoms with E-state index < -0.39 is 0 Å². The van der Waals surface area contributed by atoms with Crippen LogP contribution in [0.15, 0.2) is 0 Å². The Labute approximate surface area is 50.0 Å². The van der Waals surface area contributed by atoms with Gasteiger partial charge in [0, 0.05) is 0 Å². The van der Waals surface area contributed by atoms with E-state index in [9.17, 15) is 0 Å². The van der Waals surface area contributed by atoms with Gasteiger partial charge in [0.1, 0.15) is 0 Å². The summed E-state index contributed by atoms with van der Waals surface area (Å²) in [5.74, 6) is 0. The molecule has 6 N–H and O–H groups in total. The second-order valence-electron chi connectivity index (χ2n) is 0.0476. The first-order valence-corrected chi connectivity index (χ1v) is 3.12. The van der Waals surface area contributed by atoms with Crippen LogP contribution in [0.1, 0.15) is 0 Å². The Morgan fingerprint density at radius 1 is 0.833 bits per heavy atom. The van der Waals surface area contributed by atoms with Crippen molar-refractivity contribution in [3.05, 3.63) is 0 Å². The molecule has 6 heteroatoms. The van der Waals surface area contributed by atoms with Crippen LogP contribution in [-0.2, 0) is 12.9 Å². The van der Waals surface area contributed by atoms with E-state index in [1.165, 1.54) is 0 Å². The van der Waals surface area contributed by atoms with Crippen molar-refractivity contribution in [3.8, 4) is 0 Å². The fourth-order valence-corrected chi connectivity index (χ4v) is 0. The Bertz CT molecular complexity index is 8.75. The molecule has 0 aliphatic rings. The molecule has 0 heterocycles. The summed E-state index contributed by atoms with van der Waals surface area (Å²) < 4.78 is 0. The second-order valence-corrected chi connectivity index (χ2v) is 1.77. The van der Waals surface area contributed by atoms with Gasteiger partial charge in [-0.15, -0.1) is 0 Å². The molecule has 0 aromatic heterocycles. The molecule has 6 heavy (non-hydrogen) atoms. The van der Waals surface area contributed by atoms with Gasteiger partial charge >= 0.3 is 33.2 Å². The molecule has 0 atom stereocenters. The molecule has 0 saturated carbocycles. The molecular weight excluding hydrogens is 178 g/mol. The van der Waals surface area contributed by atoms with Crippen molar-refractivity contribution in [3.63, 3.8) is 0 Å². The van der Waals surface area contributed by atoms with Crippen LogP contribution < -0.4 is 0 Å². The normalized spacial score (nSPS) is 3.67. The number of hydrogen-bond acceptors (Lipinski definition) is 0. The van der Waals surface area contributed by atoms with E-state index in [1.807, 2.05) is 0 Å². The fraction of sp³-hybridized carbons (Fsp3) is 0. The van der Waals surface area contributed by atoms with Gasteiger partial charge in [0.25, 0.3) is 0 Å². The van der Waals surface area contributed by atoms with Crippen molar-refractivity contribution in [2.75, 3.05) is 0 Å². The Balaban J connectivity index is -0.00000000667. The first-order valence-electron chi connectivity index (χ1n) is 0.252. The van der Waals surface area contributed by atoms with Crippen LogP contribution in [0.25, 0.3) is 0 Å². The monoisotopic (exact) mass is 183 g/mol. The van der Waals surface area contributed by atoms with Crippen LogP contribution >= 0.6 is 20.3 Å². The molecule has 3 nitrogen and oxygen atoms in total. The van der Waals surface area contributed by atoms with Crippen molar-refractivity contribution in [1.82, 2.24) is 0 Å². The van der Waals surface area contributed by atoms with E-state index in [0.29, 0.717) is 12.9 Å². The number of rotatable bonds is 0. The minimum atomic E-state index is 0. The van der Waals surface area contributed by atoms with Crippen LogP contribution in [0.2, 0.25) is 0 Å². The predicted octanol–water partition coefficient (Wildman–Crippen LogP) is -1.10. The maximum atomic E-state index is 4.73. The molecule has 0 aromatic rings. The third-order valence-electron chi connectivity index (χ3n) is 0.